The third-order valence-corrected chi connectivity index (χ3v) is 3.94. The van der Waals surface area contributed by atoms with E-state index in [1.165, 1.54) is 30.4 Å². The summed E-state index contributed by atoms with van der Waals surface area (Å²) in [5, 5.41) is 10.4. The third-order valence-electron chi connectivity index (χ3n) is 3.94. The molecule has 1 nitrogen and oxygen atoms in total. The van der Waals surface area contributed by atoms with Crippen LogP contribution < -0.4 is 0 Å². The van der Waals surface area contributed by atoms with E-state index in [1.54, 1.807) is 0 Å². The van der Waals surface area contributed by atoms with Crippen molar-refractivity contribution in [2.24, 2.45) is 11.8 Å². The lowest BCUT2D eigenvalue weighted by Crippen LogP contribution is -2.11. The van der Waals surface area contributed by atoms with Gasteiger partial charge in [-0.05, 0) is 49.7 Å². The largest absolute Gasteiger partial charge is 0.388 e. The van der Waals surface area contributed by atoms with Crippen LogP contribution in [0.3, 0.4) is 0 Å². The summed E-state index contributed by atoms with van der Waals surface area (Å²) in [5.41, 5.74) is 3.60. The number of rotatable bonds is 2. The summed E-state index contributed by atoms with van der Waals surface area (Å²) in [6.07, 6.45) is 3.36. The van der Waals surface area contributed by atoms with E-state index in [2.05, 4.69) is 39.0 Å². The van der Waals surface area contributed by atoms with Crippen molar-refractivity contribution in [2.75, 3.05) is 0 Å². The predicted molar refractivity (Wildman–Crippen MR) is 67.4 cm³/mol. The summed E-state index contributed by atoms with van der Waals surface area (Å²) in [5.74, 6) is 1.25. The molecule has 88 valence electrons. The molecular formula is C15H22O. The van der Waals surface area contributed by atoms with E-state index in [0.29, 0.717) is 5.92 Å². The molecule has 1 N–H and O–H groups in total. The Bertz CT molecular complexity index is 370. The maximum Gasteiger partial charge on any atom is 0.0820 e. The highest BCUT2D eigenvalue weighted by Crippen LogP contribution is 2.39. The molecule has 2 rings (SSSR count). The zero-order valence-electron chi connectivity index (χ0n) is 10.5. The van der Waals surface area contributed by atoms with Crippen LogP contribution in [0.1, 0.15) is 49.0 Å². The van der Waals surface area contributed by atoms with E-state index in [0.717, 1.165) is 11.5 Å². The fourth-order valence-corrected chi connectivity index (χ4v) is 2.87. The summed E-state index contributed by atoms with van der Waals surface area (Å²) in [7, 11) is 0. The van der Waals surface area contributed by atoms with E-state index < -0.39 is 0 Å². The SMILES string of the molecule is Cc1ccc(C)c(C(O)C2CCC(C)C2)c1. The molecule has 1 aliphatic carbocycles. The van der Waals surface area contributed by atoms with Crippen molar-refractivity contribution in [1.29, 1.82) is 0 Å². The molecule has 1 fully saturated rings. The molecule has 1 saturated carbocycles. The maximum atomic E-state index is 10.4. The van der Waals surface area contributed by atoms with Crippen LogP contribution in [0.15, 0.2) is 18.2 Å². The number of aliphatic hydroxyl groups excluding tert-OH is 1. The maximum absolute atomic E-state index is 10.4. The topological polar surface area (TPSA) is 20.2 Å². The summed E-state index contributed by atoms with van der Waals surface area (Å²) in [6, 6.07) is 6.37. The van der Waals surface area contributed by atoms with Crippen molar-refractivity contribution < 1.29 is 5.11 Å². The molecule has 0 saturated heterocycles. The zero-order valence-corrected chi connectivity index (χ0v) is 10.5. The van der Waals surface area contributed by atoms with Crippen LogP contribution in [-0.4, -0.2) is 5.11 Å². The van der Waals surface area contributed by atoms with Gasteiger partial charge in [0.1, 0.15) is 0 Å². The van der Waals surface area contributed by atoms with E-state index in [1.807, 2.05) is 0 Å². The van der Waals surface area contributed by atoms with E-state index in [4.69, 9.17) is 0 Å². The van der Waals surface area contributed by atoms with Crippen molar-refractivity contribution in [3.8, 4) is 0 Å². The lowest BCUT2D eigenvalue weighted by atomic mass is 9.90. The minimum absolute atomic E-state index is 0.259. The Morgan fingerprint density at radius 3 is 2.62 bits per heavy atom. The Kier molecular flexibility index (Phi) is 3.34. The molecule has 1 aromatic rings. The number of aryl methyl sites for hydroxylation is 2. The second-order valence-electron chi connectivity index (χ2n) is 5.48. The fraction of sp³-hybridized carbons (Fsp3) is 0.600. The first-order valence-corrected chi connectivity index (χ1v) is 6.33. The van der Waals surface area contributed by atoms with E-state index >= 15 is 0 Å². The second-order valence-corrected chi connectivity index (χ2v) is 5.48. The number of hydrogen-bond acceptors (Lipinski definition) is 1. The summed E-state index contributed by atoms with van der Waals surface area (Å²) in [6.45, 7) is 6.47. The van der Waals surface area contributed by atoms with Crippen molar-refractivity contribution >= 4 is 0 Å². The summed E-state index contributed by atoms with van der Waals surface area (Å²) < 4.78 is 0. The van der Waals surface area contributed by atoms with Crippen molar-refractivity contribution in [3.63, 3.8) is 0 Å². The van der Waals surface area contributed by atoms with E-state index in [-0.39, 0.29) is 6.10 Å². The first-order chi connectivity index (χ1) is 7.58. The Morgan fingerprint density at radius 1 is 1.25 bits per heavy atom. The molecule has 3 unspecified atom stereocenters. The van der Waals surface area contributed by atoms with Gasteiger partial charge in [-0.2, -0.15) is 0 Å². The summed E-state index contributed by atoms with van der Waals surface area (Å²) >= 11 is 0. The van der Waals surface area contributed by atoms with Gasteiger partial charge in [-0.1, -0.05) is 37.1 Å². The highest BCUT2D eigenvalue weighted by molar-refractivity contribution is 5.32. The molecule has 16 heavy (non-hydrogen) atoms. The van der Waals surface area contributed by atoms with Crippen LogP contribution in [-0.2, 0) is 0 Å². The number of benzene rings is 1. The van der Waals surface area contributed by atoms with E-state index in [9.17, 15) is 5.11 Å². The molecule has 0 spiro atoms. The minimum atomic E-state index is -0.259. The molecule has 1 heteroatoms. The van der Waals surface area contributed by atoms with Crippen LogP contribution in [0.25, 0.3) is 0 Å². The van der Waals surface area contributed by atoms with Crippen LogP contribution in [0.5, 0.6) is 0 Å². The van der Waals surface area contributed by atoms with Crippen molar-refractivity contribution in [1.82, 2.24) is 0 Å². The van der Waals surface area contributed by atoms with Crippen LogP contribution >= 0.6 is 0 Å². The Hall–Kier alpha value is -0.820. The highest BCUT2D eigenvalue weighted by Gasteiger charge is 2.29. The monoisotopic (exact) mass is 218 g/mol. The van der Waals surface area contributed by atoms with Gasteiger partial charge < -0.3 is 5.11 Å². The minimum Gasteiger partial charge on any atom is -0.388 e. The van der Waals surface area contributed by atoms with Crippen LogP contribution in [0, 0.1) is 25.7 Å². The van der Waals surface area contributed by atoms with Gasteiger partial charge in [-0.15, -0.1) is 0 Å². The van der Waals surface area contributed by atoms with Gasteiger partial charge in [-0.3, -0.25) is 0 Å². The molecule has 0 bridgehead atoms. The Morgan fingerprint density at radius 2 is 2.00 bits per heavy atom. The van der Waals surface area contributed by atoms with Gasteiger partial charge in [0, 0.05) is 0 Å². The van der Waals surface area contributed by atoms with Crippen molar-refractivity contribution in [2.45, 2.75) is 46.1 Å². The second kappa shape index (κ2) is 4.58. The molecule has 1 aliphatic rings. The standard InChI is InChI=1S/C15H22O/c1-10-5-7-13(8-10)15(16)14-9-11(2)4-6-12(14)3/h4,6,9-10,13,15-16H,5,7-8H2,1-3H3. The number of hydrogen-bond donors (Lipinski definition) is 1. The molecule has 3 atom stereocenters. The van der Waals surface area contributed by atoms with Gasteiger partial charge >= 0.3 is 0 Å². The van der Waals surface area contributed by atoms with Crippen molar-refractivity contribution in [3.05, 3.63) is 34.9 Å². The number of aliphatic hydroxyl groups is 1. The van der Waals surface area contributed by atoms with Gasteiger partial charge in [-0.25, -0.2) is 0 Å². The third kappa shape index (κ3) is 2.30. The molecule has 0 amide bonds. The fourth-order valence-electron chi connectivity index (χ4n) is 2.87. The highest BCUT2D eigenvalue weighted by atomic mass is 16.3. The normalized spacial score (nSPS) is 27.0. The van der Waals surface area contributed by atoms with Crippen LogP contribution in [0.2, 0.25) is 0 Å². The summed E-state index contributed by atoms with van der Waals surface area (Å²) in [4.78, 5) is 0. The zero-order chi connectivity index (χ0) is 11.7. The average Bonchev–Trinajstić information content (AvgIpc) is 2.67. The molecule has 0 aromatic heterocycles. The first-order valence-electron chi connectivity index (χ1n) is 6.33. The molecule has 0 heterocycles. The molecule has 0 radical (unpaired) electrons. The smallest absolute Gasteiger partial charge is 0.0820 e. The lowest BCUT2D eigenvalue weighted by Gasteiger charge is -2.20. The first kappa shape index (κ1) is 11.7. The average molecular weight is 218 g/mol. The van der Waals surface area contributed by atoms with Crippen LogP contribution in [0.4, 0.5) is 0 Å². The Balaban J connectivity index is 2.20. The molecule has 1 aromatic carbocycles. The lowest BCUT2D eigenvalue weighted by molar-refractivity contribution is 0.109. The molecular weight excluding hydrogens is 196 g/mol. The van der Waals surface area contributed by atoms with Gasteiger partial charge in [0.15, 0.2) is 0 Å². The quantitative estimate of drug-likeness (QED) is 0.801. The van der Waals surface area contributed by atoms with Gasteiger partial charge in [0.2, 0.25) is 0 Å². The van der Waals surface area contributed by atoms with Gasteiger partial charge in [0.05, 0.1) is 6.10 Å². The molecule has 0 aliphatic heterocycles. The predicted octanol–water partition coefficient (Wildman–Crippen LogP) is 3.77. The Labute approximate surface area is 98.5 Å². The van der Waals surface area contributed by atoms with Gasteiger partial charge in [0.25, 0.3) is 0 Å².